The third-order valence-corrected chi connectivity index (χ3v) is 3.43. The lowest BCUT2D eigenvalue weighted by Gasteiger charge is -2.11. The van der Waals surface area contributed by atoms with Crippen LogP contribution in [0.1, 0.15) is 30.1 Å². The summed E-state index contributed by atoms with van der Waals surface area (Å²) in [5.41, 5.74) is 6.90. The van der Waals surface area contributed by atoms with E-state index in [1.807, 2.05) is 6.92 Å². The van der Waals surface area contributed by atoms with Gasteiger partial charge in [0, 0.05) is 25.3 Å². The number of rotatable bonds is 6. The first-order valence-corrected chi connectivity index (χ1v) is 7.09. The highest BCUT2D eigenvalue weighted by molar-refractivity contribution is 5.95. The number of hydrogen-bond donors (Lipinski definition) is 2. The van der Waals surface area contributed by atoms with Crippen molar-refractivity contribution < 1.29 is 14.3 Å². The molecule has 2 rings (SSSR count). The number of anilines is 1. The van der Waals surface area contributed by atoms with Gasteiger partial charge in [0.15, 0.2) is 0 Å². The maximum absolute atomic E-state index is 12.0. The summed E-state index contributed by atoms with van der Waals surface area (Å²) in [5.74, 6) is 1.09. The Bertz CT molecular complexity index is 456. The zero-order valence-corrected chi connectivity index (χ0v) is 11.9. The normalized spacial score (nSPS) is 17.9. The summed E-state index contributed by atoms with van der Waals surface area (Å²) in [6.07, 6.45) is 2.05. The van der Waals surface area contributed by atoms with E-state index in [4.69, 9.17) is 15.2 Å². The Balaban J connectivity index is 1.83. The predicted molar refractivity (Wildman–Crippen MR) is 77.9 cm³/mol. The molecule has 0 radical (unpaired) electrons. The molecule has 1 heterocycles. The van der Waals surface area contributed by atoms with Gasteiger partial charge in [0.2, 0.25) is 0 Å². The number of ether oxygens (including phenoxy) is 2. The van der Waals surface area contributed by atoms with Crippen LogP contribution in [0.25, 0.3) is 0 Å². The molecule has 1 aromatic carbocycles. The minimum absolute atomic E-state index is 0.0985. The van der Waals surface area contributed by atoms with E-state index in [9.17, 15) is 4.79 Å². The molecule has 1 aromatic rings. The van der Waals surface area contributed by atoms with E-state index in [1.165, 1.54) is 0 Å². The number of benzene rings is 1. The second-order valence-electron chi connectivity index (χ2n) is 4.96. The molecule has 1 atom stereocenters. The van der Waals surface area contributed by atoms with Crippen molar-refractivity contribution in [3.63, 3.8) is 0 Å². The minimum atomic E-state index is -0.0985. The molecular weight excluding hydrogens is 256 g/mol. The summed E-state index contributed by atoms with van der Waals surface area (Å²) in [5, 5.41) is 2.91. The van der Waals surface area contributed by atoms with Gasteiger partial charge in [-0.1, -0.05) is 0 Å². The first-order valence-electron chi connectivity index (χ1n) is 7.09. The number of nitrogens with one attached hydrogen (secondary N) is 1. The summed E-state index contributed by atoms with van der Waals surface area (Å²) < 4.78 is 10.7. The van der Waals surface area contributed by atoms with Crippen LogP contribution in [0.15, 0.2) is 18.2 Å². The van der Waals surface area contributed by atoms with Gasteiger partial charge in [0.05, 0.1) is 12.3 Å². The summed E-state index contributed by atoms with van der Waals surface area (Å²) in [6.45, 7) is 4.77. The highest BCUT2D eigenvalue weighted by Gasteiger charge is 2.15. The highest BCUT2D eigenvalue weighted by atomic mass is 16.5. The first-order chi connectivity index (χ1) is 9.70. The number of carbonyl (C=O) groups is 1. The lowest BCUT2D eigenvalue weighted by atomic mass is 10.1. The number of hydrogen-bond acceptors (Lipinski definition) is 4. The van der Waals surface area contributed by atoms with Crippen molar-refractivity contribution >= 4 is 11.6 Å². The van der Waals surface area contributed by atoms with Crippen LogP contribution in [0.2, 0.25) is 0 Å². The molecule has 1 unspecified atom stereocenters. The summed E-state index contributed by atoms with van der Waals surface area (Å²) in [6, 6.07) is 5.12. The van der Waals surface area contributed by atoms with Crippen LogP contribution in [-0.2, 0) is 4.74 Å². The zero-order chi connectivity index (χ0) is 14.4. The predicted octanol–water partition coefficient (Wildman–Crippen LogP) is 1.82. The minimum Gasteiger partial charge on any atom is -0.492 e. The second-order valence-corrected chi connectivity index (χ2v) is 4.96. The van der Waals surface area contributed by atoms with Gasteiger partial charge in [-0.15, -0.1) is 0 Å². The number of carbonyl (C=O) groups excluding carboxylic acids is 1. The van der Waals surface area contributed by atoms with Crippen LogP contribution in [0.4, 0.5) is 5.69 Å². The van der Waals surface area contributed by atoms with E-state index in [2.05, 4.69) is 5.32 Å². The van der Waals surface area contributed by atoms with E-state index in [0.29, 0.717) is 36.1 Å². The zero-order valence-electron chi connectivity index (χ0n) is 11.9. The van der Waals surface area contributed by atoms with Gasteiger partial charge in [0.25, 0.3) is 5.91 Å². The maximum Gasteiger partial charge on any atom is 0.251 e. The van der Waals surface area contributed by atoms with E-state index < -0.39 is 0 Å². The van der Waals surface area contributed by atoms with Gasteiger partial charge in [0.1, 0.15) is 5.75 Å². The lowest BCUT2D eigenvalue weighted by molar-refractivity contribution is 0.0950. The molecule has 20 heavy (non-hydrogen) atoms. The molecule has 0 aromatic heterocycles. The molecule has 1 amide bonds. The average molecular weight is 278 g/mol. The van der Waals surface area contributed by atoms with Crippen molar-refractivity contribution in [2.24, 2.45) is 5.92 Å². The Labute approximate surface area is 119 Å². The monoisotopic (exact) mass is 278 g/mol. The van der Waals surface area contributed by atoms with Crippen molar-refractivity contribution in [3.05, 3.63) is 23.8 Å². The van der Waals surface area contributed by atoms with Crippen molar-refractivity contribution in [1.82, 2.24) is 5.32 Å². The summed E-state index contributed by atoms with van der Waals surface area (Å²) in [7, 11) is 0. The number of nitrogens with two attached hydrogens (primary N) is 1. The average Bonchev–Trinajstić information content (AvgIpc) is 2.94. The van der Waals surface area contributed by atoms with Gasteiger partial charge in [-0.3, -0.25) is 4.79 Å². The summed E-state index contributed by atoms with van der Waals surface area (Å²) in [4.78, 5) is 12.0. The van der Waals surface area contributed by atoms with Crippen molar-refractivity contribution in [1.29, 1.82) is 0 Å². The Morgan fingerprint density at radius 3 is 3.05 bits per heavy atom. The number of nitrogen functional groups attached to an aromatic ring is 1. The molecule has 1 saturated heterocycles. The molecule has 5 heteroatoms. The van der Waals surface area contributed by atoms with Crippen molar-refractivity contribution in [3.8, 4) is 5.75 Å². The Kier molecular flexibility index (Phi) is 5.24. The van der Waals surface area contributed by atoms with Gasteiger partial charge in [-0.25, -0.2) is 0 Å². The third kappa shape index (κ3) is 3.87. The van der Waals surface area contributed by atoms with Crippen LogP contribution in [-0.4, -0.2) is 32.3 Å². The van der Waals surface area contributed by atoms with E-state index >= 15 is 0 Å². The Morgan fingerprint density at radius 1 is 1.55 bits per heavy atom. The molecular formula is C15H22N2O3. The number of amides is 1. The van der Waals surface area contributed by atoms with Gasteiger partial charge in [-0.2, -0.15) is 0 Å². The molecule has 110 valence electrons. The second kappa shape index (κ2) is 7.14. The van der Waals surface area contributed by atoms with E-state index in [-0.39, 0.29) is 5.91 Å². The van der Waals surface area contributed by atoms with Gasteiger partial charge in [-0.05, 0) is 43.9 Å². The Hall–Kier alpha value is -1.75. The summed E-state index contributed by atoms with van der Waals surface area (Å²) >= 11 is 0. The first kappa shape index (κ1) is 14.7. The lowest BCUT2D eigenvalue weighted by Crippen LogP contribution is -2.26. The molecule has 1 aliphatic rings. The fourth-order valence-electron chi connectivity index (χ4n) is 2.28. The topological polar surface area (TPSA) is 73.6 Å². The van der Waals surface area contributed by atoms with Crippen molar-refractivity contribution in [2.75, 3.05) is 32.1 Å². The molecule has 3 N–H and O–H groups in total. The van der Waals surface area contributed by atoms with Crippen LogP contribution < -0.4 is 15.8 Å². The van der Waals surface area contributed by atoms with E-state index in [1.54, 1.807) is 18.2 Å². The molecule has 1 fully saturated rings. The van der Waals surface area contributed by atoms with Crippen LogP contribution in [0, 0.1) is 5.92 Å². The van der Waals surface area contributed by atoms with Crippen LogP contribution >= 0.6 is 0 Å². The molecule has 0 saturated carbocycles. The molecule has 1 aliphatic heterocycles. The SMILES string of the molecule is CCOc1ccc(C(=O)NCCC2CCOC2)cc1N. The Morgan fingerprint density at radius 2 is 2.40 bits per heavy atom. The smallest absolute Gasteiger partial charge is 0.251 e. The fraction of sp³-hybridized carbons (Fsp3) is 0.533. The standard InChI is InChI=1S/C15H22N2O3/c1-2-20-14-4-3-12(9-13(14)16)15(18)17-7-5-11-6-8-19-10-11/h3-4,9,11H,2,5-8,10,16H2,1H3,(H,17,18). The van der Waals surface area contributed by atoms with Gasteiger partial charge >= 0.3 is 0 Å². The van der Waals surface area contributed by atoms with Crippen molar-refractivity contribution in [2.45, 2.75) is 19.8 Å². The highest BCUT2D eigenvalue weighted by Crippen LogP contribution is 2.22. The largest absolute Gasteiger partial charge is 0.492 e. The molecule has 0 spiro atoms. The van der Waals surface area contributed by atoms with Crippen LogP contribution in [0.5, 0.6) is 5.75 Å². The van der Waals surface area contributed by atoms with Crippen LogP contribution in [0.3, 0.4) is 0 Å². The fourth-order valence-corrected chi connectivity index (χ4v) is 2.28. The molecule has 0 bridgehead atoms. The van der Waals surface area contributed by atoms with Gasteiger partial charge < -0.3 is 20.5 Å². The molecule has 5 nitrogen and oxygen atoms in total. The molecule has 0 aliphatic carbocycles. The quantitative estimate of drug-likeness (QED) is 0.779. The van der Waals surface area contributed by atoms with E-state index in [0.717, 1.165) is 26.1 Å². The maximum atomic E-state index is 12.0. The third-order valence-electron chi connectivity index (χ3n) is 3.43.